The molecule has 1 heterocycles. The molecule has 13 heavy (non-hydrogen) atoms. The van der Waals surface area contributed by atoms with Crippen LogP contribution in [0, 0.1) is 0 Å². The average Bonchev–Trinajstić information content (AvgIpc) is 2.29. The van der Waals surface area contributed by atoms with E-state index in [0.717, 1.165) is 6.20 Å². The number of primary amides is 1. The Labute approximate surface area is 73.5 Å². The van der Waals surface area contributed by atoms with Gasteiger partial charge in [-0.2, -0.15) is 8.42 Å². The van der Waals surface area contributed by atoms with Crippen LogP contribution in [0.1, 0.15) is 10.5 Å². The third kappa shape index (κ3) is 1.76. The van der Waals surface area contributed by atoms with Crippen LogP contribution in [0.25, 0.3) is 0 Å². The number of hydrogen-bond acceptors (Lipinski definition) is 5. The van der Waals surface area contributed by atoms with Gasteiger partial charge in [0.1, 0.15) is 0 Å². The van der Waals surface area contributed by atoms with Crippen molar-refractivity contribution < 1.29 is 13.2 Å². The van der Waals surface area contributed by atoms with E-state index in [1.807, 2.05) is 0 Å². The number of hydrogen-bond donors (Lipinski definition) is 3. The van der Waals surface area contributed by atoms with E-state index < -0.39 is 16.1 Å². The second-order valence-corrected chi connectivity index (χ2v) is 3.62. The lowest BCUT2D eigenvalue weighted by atomic mass is 10.4. The van der Waals surface area contributed by atoms with E-state index in [9.17, 15) is 13.2 Å². The molecule has 0 atom stereocenters. The highest BCUT2D eigenvalue weighted by Gasteiger charge is 2.15. The SMILES string of the molecule is NC(=O)c1nn(S(N)(=O)=O)cc1N. The molecule has 0 spiro atoms. The van der Waals surface area contributed by atoms with E-state index in [0.29, 0.717) is 4.09 Å². The van der Waals surface area contributed by atoms with Crippen LogP contribution in [-0.4, -0.2) is 23.5 Å². The summed E-state index contributed by atoms with van der Waals surface area (Å²) in [5, 5.41) is 7.99. The Bertz CT molecular complexity index is 446. The number of nitrogens with zero attached hydrogens (tertiary/aromatic N) is 2. The summed E-state index contributed by atoms with van der Waals surface area (Å²) in [6.45, 7) is 0. The maximum atomic E-state index is 10.7. The smallest absolute Gasteiger partial charge is 0.317 e. The molecule has 9 heteroatoms. The summed E-state index contributed by atoms with van der Waals surface area (Å²) in [6.07, 6.45) is 0.898. The van der Waals surface area contributed by atoms with Crippen molar-refractivity contribution in [3.63, 3.8) is 0 Å². The van der Waals surface area contributed by atoms with Crippen molar-refractivity contribution in [2.45, 2.75) is 0 Å². The second-order valence-electron chi connectivity index (χ2n) is 2.21. The van der Waals surface area contributed by atoms with Crippen LogP contribution in [0.2, 0.25) is 0 Å². The maximum absolute atomic E-state index is 10.7. The Balaban J connectivity index is 3.33. The van der Waals surface area contributed by atoms with Gasteiger partial charge in [0.15, 0.2) is 5.69 Å². The van der Waals surface area contributed by atoms with Crippen LogP contribution >= 0.6 is 0 Å². The number of amides is 1. The lowest BCUT2D eigenvalue weighted by Crippen LogP contribution is -2.23. The fourth-order valence-corrected chi connectivity index (χ4v) is 1.14. The third-order valence-electron chi connectivity index (χ3n) is 1.22. The molecule has 0 fully saturated rings. The molecule has 6 N–H and O–H groups in total. The number of nitrogens with two attached hydrogens (primary N) is 3. The van der Waals surface area contributed by atoms with E-state index in [1.165, 1.54) is 0 Å². The van der Waals surface area contributed by atoms with Crippen LogP contribution in [0.5, 0.6) is 0 Å². The van der Waals surface area contributed by atoms with Gasteiger partial charge in [-0.15, -0.1) is 9.19 Å². The molecule has 0 saturated carbocycles. The zero-order valence-corrected chi connectivity index (χ0v) is 7.15. The monoisotopic (exact) mass is 205 g/mol. The molecular weight excluding hydrogens is 198 g/mol. The van der Waals surface area contributed by atoms with E-state index >= 15 is 0 Å². The molecule has 0 bridgehead atoms. The van der Waals surface area contributed by atoms with Crippen molar-refractivity contribution in [2.24, 2.45) is 10.9 Å². The van der Waals surface area contributed by atoms with Crippen molar-refractivity contribution in [2.75, 3.05) is 5.73 Å². The van der Waals surface area contributed by atoms with Crippen LogP contribution in [0.3, 0.4) is 0 Å². The van der Waals surface area contributed by atoms with Crippen molar-refractivity contribution in [3.05, 3.63) is 11.9 Å². The number of nitrogen functional groups attached to an aromatic ring is 1. The van der Waals surface area contributed by atoms with Crippen LogP contribution < -0.4 is 16.6 Å². The maximum Gasteiger partial charge on any atom is 0.317 e. The van der Waals surface area contributed by atoms with Crippen LogP contribution in [0.15, 0.2) is 6.20 Å². The van der Waals surface area contributed by atoms with E-state index in [-0.39, 0.29) is 11.4 Å². The van der Waals surface area contributed by atoms with Crippen molar-refractivity contribution in [1.29, 1.82) is 0 Å². The fourth-order valence-electron chi connectivity index (χ4n) is 0.687. The van der Waals surface area contributed by atoms with E-state index in [2.05, 4.69) is 5.10 Å². The highest BCUT2D eigenvalue weighted by molar-refractivity contribution is 7.87. The summed E-state index contributed by atoms with van der Waals surface area (Å²) < 4.78 is 21.8. The van der Waals surface area contributed by atoms with Gasteiger partial charge in [-0.1, -0.05) is 0 Å². The first-order valence-corrected chi connectivity index (χ1v) is 4.51. The molecule has 0 aromatic carbocycles. The molecule has 0 unspecified atom stereocenters. The molecule has 72 valence electrons. The molecule has 1 amide bonds. The van der Waals surface area contributed by atoms with Gasteiger partial charge in [0.2, 0.25) is 0 Å². The minimum atomic E-state index is -4.02. The molecule has 1 aromatic heterocycles. The summed E-state index contributed by atoms with van der Waals surface area (Å²) >= 11 is 0. The largest absolute Gasteiger partial charge is 0.395 e. The summed E-state index contributed by atoms with van der Waals surface area (Å²) in [4.78, 5) is 10.6. The van der Waals surface area contributed by atoms with Gasteiger partial charge < -0.3 is 11.5 Å². The van der Waals surface area contributed by atoms with Gasteiger partial charge >= 0.3 is 10.2 Å². The zero-order chi connectivity index (χ0) is 10.2. The topological polar surface area (TPSA) is 147 Å². The van der Waals surface area contributed by atoms with Gasteiger partial charge in [0, 0.05) is 0 Å². The predicted octanol–water partition coefficient (Wildman–Crippen LogP) is -2.38. The quantitative estimate of drug-likeness (QED) is 0.493. The lowest BCUT2D eigenvalue weighted by Gasteiger charge is -1.93. The van der Waals surface area contributed by atoms with Crippen LogP contribution in [0.4, 0.5) is 5.69 Å². The lowest BCUT2D eigenvalue weighted by molar-refractivity contribution is 0.0996. The normalized spacial score (nSPS) is 11.5. The highest BCUT2D eigenvalue weighted by Crippen LogP contribution is 2.08. The molecule has 8 nitrogen and oxygen atoms in total. The Kier molecular flexibility index (Phi) is 1.97. The van der Waals surface area contributed by atoms with Crippen molar-refractivity contribution >= 4 is 21.8 Å². The Hall–Kier alpha value is -1.61. The number of anilines is 1. The second kappa shape index (κ2) is 2.71. The zero-order valence-electron chi connectivity index (χ0n) is 6.34. The minimum absolute atomic E-state index is 0.137. The van der Waals surface area contributed by atoms with E-state index in [1.54, 1.807) is 0 Å². The molecule has 0 aliphatic carbocycles. The highest BCUT2D eigenvalue weighted by atomic mass is 32.2. The number of carbonyl (C=O) groups excluding carboxylic acids is 1. The summed E-state index contributed by atoms with van der Waals surface area (Å²) in [6, 6.07) is 0. The molecule has 1 aromatic rings. The summed E-state index contributed by atoms with van der Waals surface area (Å²) in [5.74, 6) is -0.917. The molecule has 0 saturated heterocycles. The van der Waals surface area contributed by atoms with Crippen molar-refractivity contribution in [3.8, 4) is 0 Å². The van der Waals surface area contributed by atoms with E-state index in [4.69, 9.17) is 16.6 Å². The predicted molar refractivity (Wildman–Crippen MR) is 43.7 cm³/mol. The summed E-state index contributed by atoms with van der Waals surface area (Å²) in [5.41, 5.74) is 9.61. The first kappa shape index (κ1) is 9.48. The first-order chi connectivity index (χ1) is 5.82. The Morgan fingerprint density at radius 1 is 1.54 bits per heavy atom. The van der Waals surface area contributed by atoms with Gasteiger partial charge in [-0.3, -0.25) is 4.79 Å². The molecular formula is C4H7N5O3S. The molecule has 0 aliphatic rings. The fraction of sp³-hybridized carbons (Fsp3) is 0. The third-order valence-corrected chi connectivity index (χ3v) is 1.92. The van der Waals surface area contributed by atoms with Gasteiger partial charge in [-0.25, -0.2) is 5.14 Å². The average molecular weight is 205 g/mol. The van der Waals surface area contributed by atoms with Crippen LogP contribution in [-0.2, 0) is 10.2 Å². The molecule has 1 rings (SSSR count). The summed E-state index contributed by atoms with van der Waals surface area (Å²) in [7, 11) is -4.02. The standard InChI is InChI=1S/C4H7N5O3S/c5-2-1-9(13(7,11)12)8-3(2)4(6)10/h1H,5H2,(H2,6,10)(H2,7,11,12). The van der Waals surface area contributed by atoms with Crippen molar-refractivity contribution in [1.82, 2.24) is 9.19 Å². The minimum Gasteiger partial charge on any atom is -0.395 e. The first-order valence-electron chi connectivity index (χ1n) is 3.00. The van der Waals surface area contributed by atoms with Gasteiger partial charge in [0.05, 0.1) is 11.9 Å². The van der Waals surface area contributed by atoms with Gasteiger partial charge in [0.25, 0.3) is 5.91 Å². The molecule has 0 aliphatic heterocycles. The Morgan fingerprint density at radius 2 is 2.08 bits per heavy atom. The Morgan fingerprint density at radius 3 is 2.31 bits per heavy atom. The number of rotatable bonds is 2. The van der Waals surface area contributed by atoms with Gasteiger partial charge in [-0.05, 0) is 0 Å². The number of aromatic nitrogens is 2. The number of carbonyl (C=O) groups is 1. The molecule has 0 radical (unpaired) electrons.